The van der Waals surface area contributed by atoms with Crippen LogP contribution in [0.15, 0.2) is 42.5 Å². The van der Waals surface area contributed by atoms with Crippen molar-refractivity contribution in [3.63, 3.8) is 0 Å². The van der Waals surface area contributed by atoms with Gasteiger partial charge in [0.05, 0.1) is 24.2 Å². The summed E-state index contributed by atoms with van der Waals surface area (Å²) in [6.45, 7) is 2.47. The van der Waals surface area contributed by atoms with Gasteiger partial charge in [0.15, 0.2) is 11.5 Å². The topological polar surface area (TPSA) is 71.6 Å². The second kappa shape index (κ2) is 8.07. The van der Waals surface area contributed by atoms with E-state index < -0.39 is 0 Å². The zero-order valence-corrected chi connectivity index (χ0v) is 17.4. The van der Waals surface area contributed by atoms with Crippen LogP contribution in [0.5, 0.6) is 17.2 Å². The molecule has 7 heteroatoms. The molecule has 30 heavy (non-hydrogen) atoms. The van der Waals surface area contributed by atoms with Crippen molar-refractivity contribution in [1.82, 2.24) is 15.3 Å². The first-order valence-corrected chi connectivity index (χ1v) is 10.6. The summed E-state index contributed by atoms with van der Waals surface area (Å²) in [6.07, 6.45) is 2.09. The minimum Gasteiger partial charge on any atom is -0.493 e. The van der Waals surface area contributed by atoms with E-state index in [1.807, 2.05) is 43.4 Å². The molecule has 0 saturated carbocycles. The van der Waals surface area contributed by atoms with Gasteiger partial charge in [0.1, 0.15) is 12.7 Å². The van der Waals surface area contributed by atoms with Crippen molar-refractivity contribution < 1.29 is 14.2 Å². The van der Waals surface area contributed by atoms with Crippen LogP contribution in [-0.2, 0) is 0 Å². The summed E-state index contributed by atoms with van der Waals surface area (Å²) in [5, 5.41) is 3.50. The van der Waals surface area contributed by atoms with Crippen LogP contribution in [0.1, 0.15) is 12.8 Å². The van der Waals surface area contributed by atoms with Crippen molar-refractivity contribution in [2.75, 3.05) is 38.8 Å². The van der Waals surface area contributed by atoms with Crippen molar-refractivity contribution in [1.29, 1.82) is 0 Å². The lowest BCUT2D eigenvalue weighted by Gasteiger charge is -2.40. The van der Waals surface area contributed by atoms with Crippen LogP contribution < -0.4 is 24.4 Å². The molecule has 3 aromatic rings. The molecule has 2 aliphatic rings. The number of hydrogen-bond donors (Lipinski definition) is 2. The number of piperidine rings is 1. The van der Waals surface area contributed by atoms with Gasteiger partial charge in [-0.3, -0.25) is 0 Å². The first-order valence-electron chi connectivity index (χ1n) is 10.6. The third-order valence-electron chi connectivity index (χ3n) is 6.29. The van der Waals surface area contributed by atoms with Gasteiger partial charge < -0.3 is 29.4 Å². The maximum atomic E-state index is 6.37. The van der Waals surface area contributed by atoms with Gasteiger partial charge in [-0.2, -0.15) is 0 Å². The molecule has 0 bridgehead atoms. The number of aromatic nitrogens is 2. The molecule has 2 unspecified atom stereocenters. The summed E-state index contributed by atoms with van der Waals surface area (Å²) in [5.74, 6) is 3.63. The Labute approximate surface area is 176 Å². The average molecular weight is 409 g/mol. The molecule has 2 atom stereocenters. The molecule has 2 N–H and O–H groups in total. The highest BCUT2D eigenvalue weighted by atomic mass is 16.6. The smallest absolute Gasteiger partial charge is 0.204 e. The molecule has 5 rings (SSSR count). The molecule has 1 fully saturated rings. The van der Waals surface area contributed by atoms with Crippen LogP contribution in [-0.4, -0.2) is 56.0 Å². The highest BCUT2D eigenvalue weighted by molar-refractivity contribution is 5.77. The highest BCUT2D eigenvalue weighted by Crippen LogP contribution is 2.41. The summed E-state index contributed by atoms with van der Waals surface area (Å²) in [7, 11) is 3.67. The Morgan fingerprint density at radius 2 is 2.00 bits per heavy atom. The molecule has 2 aromatic carbocycles. The standard InChI is InChI=1S/C23H28N4O3/c1-24-21(20-14-29-19-9-5-8-18(28-2)22(19)30-20)15-10-12-27(13-11-15)23-25-16-6-3-4-7-17(16)26-23/h3-9,15,20-21,24H,10-14H2,1-2H3,(H,25,26). The van der Waals surface area contributed by atoms with Crippen LogP contribution in [0.25, 0.3) is 11.0 Å². The zero-order chi connectivity index (χ0) is 20.5. The predicted octanol–water partition coefficient (Wildman–Crippen LogP) is 3.22. The molecule has 0 spiro atoms. The number of H-pyrrole nitrogens is 1. The van der Waals surface area contributed by atoms with E-state index in [2.05, 4.69) is 21.3 Å². The normalized spacial score (nSPS) is 20.3. The monoisotopic (exact) mass is 408 g/mol. The lowest BCUT2D eigenvalue weighted by atomic mass is 9.86. The fraction of sp³-hybridized carbons (Fsp3) is 0.435. The molecule has 3 heterocycles. The van der Waals surface area contributed by atoms with Gasteiger partial charge in [-0.15, -0.1) is 0 Å². The minimum absolute atomic E-state index is 0.0541. The maximum absolute atomic E-state index is 6.37. The predicted molar refractivity (Wildman–Crippen MR) is 117 cm³/mol. The number of fused-ring (bicyclic) bond motifs is 2. The molecule has 2 aliphatic heterocycles. The van der Waals surface area contributed by atoms with Crippen molar-refractivity contribution >= 4 is 17.0 Å². The van der Waals surface area contributed by atoms with E-state index in [0.717, 1.165) is 48.7 Å². The largest absolute Gasteiger partial charge is 0.493 e. The molecule has 7 nitrogen and oxygen atoms in total. The number of imidazole rings is 1. The number of para-hydroxylation sites is 3. The summed E-state index contributed by atoms with van der Waals surface area (Å²) < 4.78 is 17.8. The number of methoxy groups -OCH3 is 1. The Balaban J connectivity index is 1.26. The quantitative estimate of drug-likeness (QED) is 0.676. The number of nitrogens with zero attached hydrogens (tertiary/aromatic N) is 2. The molecule has 0 aliphatic carbocycles. The number of anilines is 1. The first kappa shape index (κ1) is 19.1. The summed E-state index contributed by atoms with van der Waals surface area (Å²) >= 11 is 0. The fourth-order valence-electron chi connectivity index (χ4n) is 4.71. The molecule has 158 valence electrons. The van der Waals surface area contributed by atoms with Crippen LogP contribution >= 0.6 is 0 Å². The first-order chi connectivity index (χ1) is 14.8. The molecule has 1 saturated heterocycles. The van der Waals surface area contributed by atoms with E-state index in [0.29, 0.717) is 24.0 Å². The Kier molecular flexibility index (Phi) is 5.12. The highest BCUT2D eigenvalue weighted by Gasteiger charge is 2.36. The maximum Gasteiger partial charge on any atom is 0.204 e. The molecular formula is C23H28N4O3. The van der Waals surface area contributed by atoms with Crippen molar-refractivity contribution in [2.45, 2.75) is 25.0 Å². The Morgan fingerprint density at radius 3 is 2.77 bits per heavy atom. The second-order valence-corrected chi connectivity index (χ2v) is 7.97. The lowest BCUT2D eigenvalue weighted by Crippen LogP contribution is -2.53. The summed E-state index contributed by atoms with van der Waals surface area (Å²) in [5.41, 5.74) is 2.10. The van der Waals surface area contributed by atoms with Crippen molar-refractivity contribution in [3.8, 4) is 17.2 Å². The van der Waals surface area contributed by atoms with Crippen LogP contribution in [0.3, 0.4) is 0 Å². The number of hydrogen-bond acceptors (Lipinski definition) is 6. The number of nitrogens with one attached hydrogen (secondary N) is 2. The van der Waals surface area contributed by atoms with E-state index in [1.54, 1.807) is 7.11 Å². The number of ether oxygens (including phenoxy) is 3. The van der Waals surface area contributed by atoms with E-state index in [4.69, 9.17) is 19.2 Å². The third kappa shape index (κ3) is 3.43. The molecule has 1 aromatic heterocycles. The van der Waals surface area contributed by atoms with E-state index in [1.165, 1.54) is 0 Å². The SMILES string of the molecule is CNC(C1CCN(c2nc3ccccc3[nH]2)CC1)C1COc2cccc(OC)c2O1. The Bertz CT molecular complexity index is 965. The Morgan fingerprint density at radius 1 is 1.17 bits per heavy atom. The van der Waals surface area contributed by atoms with Crippen molar-refractivity contribution in [2.24, 2.45) is 5.92 Å². The van der Waals surface area contributed by atoms with Gasteiger partial charge in [-0.25, -0.2) is 4.98 Å². The van der Waals surface area contributed by atoms with Gasteiger partial charge in [0.25, 0.3) is 0 Å². The van der Waals surface area contributed by atoms with E-state index >= 15 is 0 Å². The van der Waals surface area contributed by atoms with Crippen LogP contribution in [0.4, 0.5) is 5.95 Å². The second-order valence-electron chi connectivity index (χ2n) is 7.97. The number of rotatable bonds is 5. The van der Waals surface area contributed by atoms with Crippen LogP contribution in [0.2, 0.25) is 0 Å². The van der Waals surface area contributed by atoms with E-state index in [-0.39, 0.29) is 12.1 Å². The van der Waals surface area contributed by atoms with Gasteiger partial charge >= 0.3 is 0 Å². The lowest BCUT2D eigenvalue weighted by molar-refractivity contribution is 0.0391. The van der Waals surface area contributed by atoms with Crippen molar-refractivity contribution in [3.05, 3.63) is 42.5 Å². The van der Waals surface area contributed by atoms with Gasteiger partial charge in [-0.05, 0) is 50.1 Å². The third-order valence-corrected chi connectivity index (χ3v) is 6.29. The molecular weight excluding hydrogens is 380 g/mol. The average Bonchev–Trinajstić information content (AvgIpc) is 3.24. The zero-order valence-electron chi connectivity index (χ0n) is 17.4. The van der Waals surface area contributed by atoms with Gasteiger partial charge in [0.2, 0.25) is 11.7 Å². The van der Waals surface area contributed by atoms with Gasteiger partial charge in [0, 0.05) is 13.1 Å². The minimum atomic E-state index is -0.0541. The fourth-order valence-corrected chi connectivity index (χ4v) is 4.71. The Hall–Kier alpha value is -2.93. The summed E-state index contributed by atoms with van der Waals surface area (Å²) in [6, 6.07) is 14.1. The molecule has 0 radical (unpaired) electrons. The summed E-state index contributed by atoms with van der Waals surface area (Å²) in [4.78, 5) is 10.6. The van der Waals surface area contributed by atoms with E-state index in [9.17, 15) is 0 Å². The number of aromatic amines is 1. The number of benzene rings is 2. The van der Waals surface area contributed by atoms with Crippen LogP contribution in [0, 0.1) is 5.92 Å². The number of likely N-dealkylation sites (N-methyl/N-ethyl adjacent to an activating group) is 1. The van der Waals surface area contributed by atoms with Gasteiger partial charge in [-0.1, -0.05) is 18.2 Å². The molecule has 0 amide bonds.